The van der Waals surface area contributed by atoms with Crippen molar-refractivity contribution in [2.24, 2.45) is 5.92 Å². The molecule has 88 valence electrons. The highest BCUT2D eigenvalue weighted by molar-refractivity contribution is 5.69. The monoisotopic (exact) mass is 217 g/mol. The first kappa shape index (κ1) is 13.7. The van der Waals surface area contributed by atoms with E-state index in [4.69, 9.17) is 5.11 Å². The maximum absolute atomic E-state index is 10.8. The Bertz CT molecular complexity index is 217. The molecule has 2 unspecified atom stereocenters. The van der Waals surface area contributed by atoms with Crippen LogP contribution in [0.15, 0.2) is 0 Å². The number of hydrogen-bond acceptors (Lipinski definition) is 3. The molecule has 0 aliphatic carbocycles. The number of hydrogen-bond donors (Lipinski definition) is 2. The van der Waals surface area contributed by atoms with Gasteiger partial charge in [0.2, 0.25) is 0 Å². The number of aliphatic carboxylic acids is 1. The molecule has 0 aliphatic heterocycles. The third kappa shape index (κ3) is 6.76. The average Bonchev–Trinajstić information content (AvgIpc) is 2.17. The Morgan fingerprint density at radius 2 is 1.93 bits per heavy atom. The zero-order chi connectivity index (χ0) is 11.8. The summed E-state index contributed by atoms with van der Waals surface area (Å²) in [5, 5.41) is 11.3. The first-order valence-electron chi connectivity index (χ1n) is 5.04. The predicted molar refractivity (Wildman–Crippen MR) is 55.7 cm³/mol. The van der Waals surface area contributed by atoms with Gasteiger partial charge in [0.15, 0.2) is 0 Å². The fourth-order valence-electron chi connectivity index (χ4n) is 1.19. The van der Waals surface area contributed by atoms with Crippen LogP contribution >= 0.6 is 0 Å². The minimum atomic E-state index is -0.774. The Morgan fingerprint density at radius 1 is 1.33 bits per heavy atom. The molecule has 0 saturated heterocycles. The lowest BCUT2D eigenvalue weighted by Gasteiger charge is -2.13. The van der Waals surface area contributed by atoms with E-state index >= 15 is 0 Å². The molecule has 0 saturated carbocycles. The maximum Gasteiger partial charge on any atom is 0.407 e. The topological polar surface area (TPSA) is 75.6 Å². The molecular formula is C10H19NO4. The zero-order valence-corrected chi connectivity index (χ0v) is 9.45. The molecule has 0 aromatic carbocycles. The van der Waals surface area contributed by atoms with Gasteiger partial charge in [-0.1, -0.05) is 13.3 Å². The molecule has 1 amide bonds. The van der Waals surface area contributed by atoms with Gasteiger partial charge in [-0.3, -0.25) is 4.79 Å². The highest BCUT2D eigenvalue weighted by Crippen LogP contribution is 2.09. The van der Waals surface area contributed by atoms with Gasteiger partial charge in [-0.2, -0.15) is 0 Å². The molecule has 0 aromatic heterocycles. The van der Waals surface area contributed by atoms with Crippen LogP contribution in [0.2, 0.25) is 0 Å². The predicted octanol–water partition coefficient (Wildman–Crippen LogP) is 1.62. The molecule has 0 aliphatic rings. The van der Waals surface area contributed by atoms with E-state index < -0.39 is 12.1 Å². The van der Waals surface area contributed by atoms with Crippen LogP contribution in [0.3, 0.4) is 0 Å². The van der Waals surface area contributed by atoms with Gasteiger partial charge in [0, 0.05) is 6.04 Å². The average molecular weight is 217 g/mol. The molecule has 0 heterocycles. The molecule has 0 spiro atoms. The van der Waals surface area contributed by atoms with Gasteiger partial charge in [0.05, 0.1) is 13.0 Å². The quantitative estimate of drug-likeness (QED) is 0.709. The number of ether oxygens (including phenoxy) is 1. The summed E-state index contributed by atoms with van der Waals surface area (Å²) >= 11 is 0. The summed E-state index contributed by atoms with van der Waals surface area (Å²) in [5.74, 6) is -1.10. The Morgan fingerprint density at radius 3 is 2.40 bits per heavy atom. The smallest absolute Gasteiger partial charge is 0.407 e. The molecule has 0 bridgehead atoms. The summed E-state index contributed by atoms with van der Waals surface area (Å²) in [6.07, 6.45) is 1.71. The largest absolute Gasteiger partial charge is 0.481 e. The third-order valence-electron chi connectivity index (χ3n) is 2.25. The number of carbonyl (C=O) groups excluding carboxylic acids is 1. The van der Waals surface area contributed by atoms with Crippen molar-refractivity contribution in [1.82, 2.24) is 5.32 Å². The molecule has 5 heteroatoms. The van der Waals surface area contributed by atoms with Crippen molar-refractivity contribution in [3.63, 3.8) is 0 Å². The summed E-state index contributed by atoms with van der Waals surface area (Å²) < 4.78 is 4.44. The summed E-state index contributed by atoms with van der Waals surface area (Å²) in [4.78, 5) is 21.3. The lowest BCUT2D eigenvalue weighted by molar-refractivity contribution is -0.141. The standard InChI is InChI=1S/C10H19NO4/c1-7(9(12)13)5-4-6-8(2)11-10(14)15-3/h7-8H,4-6H2,1-3H3,(H,11,14)(H,12,13). The van der Waals surface area contributed by atoms with Gasteiger partial charge in [0.1, 0.15) is 0 Å². The molecule has 0 radical (unpaired) electrons. The van der Waals surface area contributed by atoms with Crippen molar-refractivity contribution in [3.8, 4) is 0 Å². The van der Waals surface area contributed by atoms with Gasteiger partial charge >= 0.3 is 12.1 Å². The Balaban J connectivity index is 3.59. The minimum absolute atomic E-state index is 0.0124. The van der Waals surface area contributed by atoms with Crippen molar-refractivity contribution in [3.05, 3.63) is 0 Å². The fraction of sp³-hybridized carbons (Fsp3) is 0.800. The van der Waals surface area contributed by atoms with Crippen LogP contribution in [0, 0.1) is 5.92 Å². The zero-order valence-electron chi connectivity index (χ0n) is 9.45. The van der Waals surface area contributed by atoms with Gasteiger partial charge in [-0.05, 0) is 19.8 Å². The van der Waals surface area contributed by atoms with E-state index in [1.54, 1.807) is 6.92 Å². The Hall–Kier alpha value is -1.26. The Labute approximate surface area is 89.8 Å². The second-order valence-corrected chi connectivity index (χ2v) is 3.71. The first-order chi connectivity index (χ1) is 6.97. The second kappa shape index (κ2) is 7.09. The van der Waals surface area contributed by atoms with Crippen LogP contribution in [0.1, 0.15) is 33.1 Å². The maximum atomic E-state index is 10.8. The highest BCUT2D eigenvalue weighted by Gasteiger charge is 2.12. The fourth-order valence-corrected chi connectivity index (χ4v) is 1.19. The van der Waals surface area contributed by atoms with Crippen LogP contribution in [0.4, 0.5) is 4.79 Å². The van der Waals surface area contributed by atoms with Gasteiger partial charge in [-0.25, -0.2) is 4.79 Å². The molecule has 0 aromatic rings. The lowest BCUT2D eigenvalue weighted by Crippen LogP contribution is -2.32. The van der Waals surface area contributed by atoms with Crippen LogP contribution in [-0.4, -0.2) is 30.3 Å². The summed E-state index contributed by atoms with van der Waals surface area (Å²) in [5.41, 5.74) is 0. The molecule has 0 fully saturated rings. The van der Waals surface area contributed by atoms with E-state index in [9.17, 15) is 9.59 Å². The van der Waals surface area contributed by atoms with Crippen LogP contribution in [0.5, 0.6) is 0 Å². The summed E-state index contributed by atoms with van der Waals surface area (Å²) in [6, 6.07) is 0.0124. The van der Waals surface area contributed by atoms with E-state index in [1.165, 1.54) is 7.11 Å². The SMILES string of the molecule is COC(=O)NC(C)CCCC(C)C(=O)O. The first-order valence-corrected chi connectivity index (χ1v) is 5.04. The normalized spacial score (nSPS) is 14.1. The number of carbonyl (C=O) groups is 2. The second-order valence-electron chi connectivity index (χ2n) is 3.71. The number of alkyl carbamates (subject to hydrolysis) is 1. The van der Waals surface area contributed by atoms with Gasteiger partial charge in [-0.15, -0.1) is 0 Å². The third-order valence-corrected chi connectivity index (χ3v) is 2.25. The molecule has 2 N–H and O–H groups in total. The molecule has 15 heavy (non-hydrogen) atoms. The van der Waals surface area contributed by atoms with E-state index in [2.05, 4.69) is 10.1 Å². The number of methoxy groups -OCH3 is 1. The van der Waals surface area contributed by atoms with E-state index in [1.807, 2.05) is 6.92 Å². The van der Waals surface area contributed by atoms with Crippen molar-refractivity contribution < 1.29 is 19.4 Å². The number of amides is 1. The van der Waals surface area contributed by atoms with Crippen molar-refractivity contribution >= 4 is 12.1 Å². The molecule has 5 nitrogen and oxygen atoms in total. The van der Waals surface area contributed by atoms with Gasteiger partial charge in [0.25, 0.3) is 0 Å². The summed E-state index contributed by atoms with van der Waals surface area (Å²) in [6.45, 7) is 3.54. The lowest BCUT2D eigenvalue weighted by atomic mass is 10.0. The van der Waals surface area contributed by atoms with Crippen LogP contribution < -0.4 is 5.32 Å². The number of carboxylic acids is 1. The van der Waals surface area contributed by atoms with Gasteiger partial charge < -0.3 is 15.2 Å². The number of carboxylic acid groups (broad SMARTS) is 1. The number of nitrogens with one attached hydrogen (secondary N) is 1. The highest BCUT2D eigenvalue weighted by atomic mass is 16.5. The van der Waals surface area contributed by atoms with E-state index in [0.717, 1.165) is 12.8 Å². The molecule has 2 atom stereocenters. The number of rotatable bonds is 6. The molecule has 0 rings (SSSR count). The molecular weight excluding hydrogens is 198 g/mol. The van der Waals surface area contributed by atoms with Crippen molar-refractivity contribution in [2.45, 2.75) is 39.2 Å². The van der Waals surface area contributed by atoms with Crippen LogP contribution in [0.25, 0.3) is 0 Å². The van der Waals surface area contributed by atoms with E-state index in [-0.39, 0.29) is 12.0 Å². The van der Waals surface area contributed by atoms with E-state index in [0.29, 0.717) is 6.42 Å². The van der Waals surface area contributed by atoms with Crippen LogP contribution in [-0.2, 0) is 9.53 Å². The van der Waals surface area contributed by atoms with Crippen molar-refractivity contribution in [1.29, 1.82) is 0 Å². The minimum Gasteiger partial charge on any atom is -0.481 e. The van der Waals surface area contributed by atoms with Crippen molar-refractivity contribution in [2.75, 3.05) is 7.11 Å². The Kier molecular flexibility index (Phi) is 6.49. The summed E-state index contributed by atoms with van der Waals surface area (Å²) in [7, 11) is 1.31.